The first-order chi connectivity index (χ1) is 9.72. The van der Waals surface area contributed by atoms with Crippen molar-refractivity contribution in [3.63, 3.8) is 0 Å². The van der Waals surface area contributed by atoms with E-state index < -0.39 is 0 Å². The van der Waals surface area contributed by atoms with Crippen LogP contribution in [0.3, 0.4) is 0 Å². The Bertz CT molecular complexity index is 502. The van der Waals surface area contributed by atoms with Gasteiger partial charge >= 0.3 is 0 Å². The van der Waals surface area contributed by atoms with Crippen molar-refractivity contribution in [2.45, 2.75) is 13.3 Å². The maximum atomic E-state index is 12.1. The standard InChI is InChI=1S/C14H20N4O2/c1-2-15-12(19)6-7-18-14(20)10-4-3-5-11-13(10)17-9-8-16-11/h3-5,16-17H,2,6-9H2,1H3,(H,15,19)(H,18,20). The molecule has 6 nitrogen and oxygen atoms in total. The molecule has 2 rings (SSSR count). The summed E-state index contributed by atoms with van der Waals surface area (Å²) in [6, 6.07) is 5.56. The zero-order valence-electron chi connectivity index (χ0n) is 11.6. The van der Waals surface area contributed by atoms with Crippen LogP contribution in [-0.2, 0) is 4.79 Å². The summed E-state index contributed by atoms with van der Waals surface area (Å²) in [5.41, 5.74) is 2.37. The molecule has 20 heavy (non-hydrogen) atoms. The summed E-state index contributed by atoms with van der Waals surface area (Å²) in [5, 5.41) is 11.9. The Hall–Kier alpha value is -2.24. The maximum absolute atomic E-state index is 12.1. The summed E-state index contributed by atoms with van der Waals surface area (Å²) in [5.74, 6) is -0.218. The predicted octanol–water partition coefficient (Wildman–Crippen LogP) is 0.780. The van der Waals surface area contributed by atoms with Gasteiger partial charge in [-0.25, -0.2) is 0 Å². The molecule has 0 atom stereocenters. The molecule has 0 unspecified atom stereocenters. The molecule has 1 aromatic rings. The average Bonchev–Trinajstić information content (AvgIpc) is 2.47. The number of carbonyl (C=O) groups is 2. The van der Waals surface area contributed by atoms with E-state index in [1.807, 2.05) is 19.1 Å². The van der Waals surface area contributed by atoms with Crippen LogP contribution in [0.4, 0.5) is 11.4 Å². The van der Waals surface area contributed by atoms with Crippen LogP contribution in [0.25, 0.3) is 0 Å². The summed E-state index contributed by atoms with van der Waals surface area (Å²) in [4.78, 5) is 23.5. The van der Waals surface area contributed by atoms with Crippen molar-refractivity contribution >= 4 is 23.2 Å². The second-order valence-corrected chi connectivity index (χ2v) is 4.54. The Balaban J connectivity index is 1.94. The van der Waals surface area contributed by atoms with E-state index in [-0.39, 0.29) is 11.8 Å². The monoisotopic (exact) mass is 276 g/mol. The fraction of sp³-hybridized carbons (Fsp3) is 0.429. The molecule has 4 N–H and O–H groups in total. The van der Waals surface area contributed by atoms with Crippen LogP contribution >= 0.6 is 0 Å². The van der Waals surface area contributed by atoms with Crippen molar-refractivity contribution in [3.05, 3.63) is 23.8 Å². The van der Waals surface area contributed by atoms with Crippen molar-refractivity contribution in [1.29, 1.82) is 0 Å². The topological polar surface area (TPSA) is 82.3 Å². The van der Waals surface area contributed by atoms with E-state index >= 15 is 0 Å². The highest BCUT2D eigenvalue weighted by Crippen LogP contribution is 2.28. The number of rotatable bonds is 5. The molecular weight excluding hydrogens is 256 g/mol. The second kappa shape index (κ2) is 6.79. The van der Waals surface area contributed by atoms with Gasteiger partial charge in [-0.15, -0.1) is 0 Å². The average molecular weight is 276 g/mol. The number of para-hydroxylation sites is 1. The quantitative estimate of drug-likeness (QED) is 0.640. The van der Waals surface area contributed by atoms with E-state index in [0.717, 1.165) is 24.5 Å². The van der Waals surface area contributed by atoms with Gasteiger partial charge < -0.3 is 21.3 Å². The van der Waals surface area contributed by atoms with Crippen LogP contribution in [0.1, 0.15) is 23.7 Å². The van der Waals surface area contributed by atoms with E-state index in [2.05, 4.69) is 21.3 Å². The van der Waals surface area contributed by atoms with Crippen LogP contribution in [-0.4, -0.2) is 38.0 Å². The Labute approximate surface area is 118 Å². The lowest BCUT2D eigenvalue weighted by Gasteiger charge is -2.22. The van der Waals surface area contributed by atoms with Crippen molar-refractivity contribution in [2.75, 3.05) is 36.8 Å². The van der Waals surface area contributed by atoms with E-state index in [1.165, 1.54) is 0 Å². The van der Waals surface area contributed by atoms with Gasteiger partial charge in [-0.3, -0.25) is 9.59 Å². The number of hydrogen-bond donors (Lipinski definition) is 4. The lowest BCUT2D eigenvalue weighted by molar-refractivity contribution is -0.120. The van der Waals surface area contributed by atoms with Gasteiger partial charge in [0, 0.05) is 32.6 Å². The second-order valence-electron chi connectivity index (χ2n) is 4.54. The number of hydrogen-bond acceptors (Lipinski definition) is 4. The van der Waals surface area contributed by atoms with Gasteiger partial charge in [0.15, 0.2) is 0 Å². The third kappa shape index (κ3) is 3.40. The van der Waals surface area contributed by atoms with Crippen molar-refractivity contribution in [2.24, 2.45) is 0 Å². The summed E-state index contributed by atoms with van der Waals surface area (Å²) in [7, 11) is 0. The van der Waals surface area contributed by atoms with Crippen molar-refractivity contribution < 1.29 is 9.59 Å². The molecule has 1 aliphatic heterocycles. The van der Waals surface area contributed by atoms with Gasteiger partial charge in [0.2, 0.25) is 5.91 Å². The molecule has 0 radical (unpaired) electrons. The number of benzene rings is 1. The van der Waals surface area contributed by atoms with E-state index in [9.17, 15) is 9.59 Å². The van der Waals surface area contributed by atoms with Gasteiger partial charge in [0.1, 0.15) is 0 Å². The summed E-state index contributed by atoms with van der Waals surface area (Å²) in [6.45, 7) is 4.44. The zero-order chi connectivity index (χ0) is 14.4. The van der Waals surface area contributed by atoms with Crippen LogP contribution in [0.15, 0.2) is 18.2 Å². The number of anilines is 2. The number of carbonyl (C=O) groups excluding carboxylic acids is 2. The molecule has 108 valence electrons. The number of nitrogens with one attached hydrogen (secondary N) is 4. The molecule has 0 aromatic heterocycles. The molecule has 0 spiro atoms. The fourth-order valence-corrected chi connectivity index (χ4v) is 2.13. The largest absolute Gasteiger partial charge is 0.382 e. The van der Waals surface area contributed by atoms with E-state index in [4.69, 9.17) is 0 Å². The molecular formula is C14H20N4O2. The van der Waals surface area contributed by atoms with Gasteiger partial charge in [-0.2, -0.15) is 0 Å². The summed E-state index contributed by atoms with van der Waals surface area (Å²) < 4.78 is 0. The van der Waals surface area contributed by atoms with Crippen LogP contribution in [0, 0.1) is 0 Å². The SMILES string of the molecule is CCNC(=O)CCNC(=O)c1cccc2c1NCCN2. The predicted molar refractivity (Wildman–Crippen MR) is 79.1 cm³/mol. The Morgan fingerprint density at radius 1 is 1.20 bits per heavy atom. The molecule has 1 heterocycles. The Morgan fingerprint density at radius 2 is 2.00 bits per heavy atom. The summed E-state index contributed by atoms with van der Waals surface area (Å²) in [6.07, 6.45) is 0.292. The molecule has 2 amide bonds. The number of amides is 2. The molecule has 0 bridgehead atoms. The van der Waals surface area contributed by atoms with Gasteiger partial charge in [-0.1, -0.05) is 6.07 Å². The van der Waals surface area contributed by atoms with Crippen LogP contribution in [0.2, 0.25) is 0 Å². The molecule has 0 saturated carbocycles. The third-order valence-corrected chi connectivity index (χ3v) is 3.06. The first-order valence-corrected chi connectivity index (χ1v) is 6.88. The Morgan fingerprint density at radius 3 is 2.80 bits per heavy atom. The minimum Gasteiger partial charge on any atom is -0.382 e. The van der Waals surface area contributed by atoms with Gasteiger partial charge in [0.05, 0.1) is 16.9 Å². The first kappa shape index (κ1) is 14.2. The fourth-order valence-electron chi connectivity index (χ4n) is 2.13. The number of fused-ring (bicyclic) bond motifs is 1. The molecule has 1 aliphatic rings. The zero-order valence-corrected chi connectivity index (χ0v) is 11.6. The first-order valence-electron chi connectivity index (χ1n) is 6.88. The van der Waals surface area contributed by atoms with Crippen molar-refractivity contribution in [1.82, 2.24) is 10.6 Å². The smallest absolute Gasteiger partial charge is 0.253 e. The lowest BCUT2D eigenvalue weighted by Crippen LogP contribution is -2.31. The minimum atomic E-state index is -0.164. The van der Waals surface area contributed by atoms with Gasteiger partial charge in [0.25, 0.3) is 5.91 Å². The maximum Gasteiger partial charge on any atom is 0.253 e. The van der Waals surface area contributed by atoms with Crippen LogP contribution < -0.4 is 21.3 Å². The molecule has 1 aromatic carbocycles. The third-order valence-electron chi connectivity index (χ3n) is 3.06. The molecule has 0 saturated heterocycles. The minimum absolute atomic E-state index is 0.0531. The highest BCUT2D eigenvalue weighted by molar-refractivity contribution is 6.02. The summed E-state index contributed by atoms with van der Waals surface area (Å²) >= 11 is 0. The van der Waals surface area contributed by atoms with Crippen molar-refractivity contribution in [3.8, 4) is 0 Å². The highest BCUT2D eigenvalue weighted by Gasteiger charge is 2.16. The van der Waals surface area contributed by atoms with Crippen LogP contribution in [0.5, 0.6) is 0 Å². The normalized spacial score (nSPS) is 12.7. The van der Waals surface area contributed by atoms with E-state index in [1.54, 1.807) is 6.07 Å². The highest BCUT2D eigenvalue weighted by atomic mass is 16.2. The Kier molecular flexibility index (Phi) is 4.81. The van der Waals surface area contributed by atoms with E-state index in [0.29, 0.717) is 25.1 Å². The molecule has 6 heteroatoms. The molecule has 0 fully saturated rings. The molecule has 0 aliphatic carbocycles. The lowest BCUT2D eigenvalue weighted by atomic mass is 10.1. The van der Waals surface area contributed by atoms with Gasteiger partial charge in [-0.05, 0) is 19.1 Å².